The molecule has 2 aromatic carbocycles. The van der Waals surface area contributed by atoms with Gasteiger partial charge in [-0.3, -0.25) is 9.78 Å². The highest BCUT2D eigenvalue weighted by atomic mass is 16.5. The number of fused-ring (bicyclic) bond motifs is 4. The average molecular weight is 427 g/mol. The van der Waals surface area contributed by atoms with Gasteiger partial charge >= 0.3 is 0 Å². The number of aryl methyl sites for hydroxylation is 2. The van der Waals surface area contributed by atoms with Gasteiger partial charge in [0, 0.05) is 52.3 Å². The zero-order valence-electron chi connectivity index (χ0n) is 18.4. The number of pyridine rings is 1. The molecule has 4 aromatic rings. The van der Waals surface area contributed by atoms with E-state index in [1.165, 1.54) is 18.4 Å². The zero-order chi connectivity index (χ0) is 22.1. The van der Waals surface area contributed by atoms with E-state index in [2.05, 4.69) is 16.4 Å². The van der Waals surface area contributed by atoms with Crippen LogP contribution in [0.15, 0.2) is 59.2 Å². The van der Waals surface area contributed by atoms with Crippen LogP contribution in [0.25, 0.3) is 27.4 Å². The van der Waals surface area contributed by atoms with Crippen LogP contribution in [0.3, 0.4) is 0 Å². The summed E-state index contributed by atoms with van der Waals surface area (Å²) in [5, 5.41) is 5.08. The van der Waals surface area contributed by atoms with Gasteiger partial charge in [0.05, 0.1) is 12.1 Å². The topological polar surface area (TPSA) is 64.4 Å². The van der Waals surface area contributed by atoms with Crippen molar-refractivity contribution in [2.45, 2.75) is 39.5 Å². The zero-order valence-corrected chi connectivity index (χ0v) is 18.4. The van der Waals surface area contributed by atoms with Crippen LogP contribution in [-0.4, -0.2) is 17.5 Å². The van der Waals surface area contributed by atoms with Crippen molar-refractivity contribution in [2.24, 2.45) is 0 Å². The highest BCUT2D eigenvalue weighted by molar-refractivity contribution is 6.05. The van der Waals surface area contributed by atoms with Crippen LogP contribution in [0, 0.1) is 0 Å². The first-order chi connectivity index (χ1) is 15.6. The van der Waals surface area contributed by atoms with Gasteiger partial charge in [-0.1, -0.05) is 6.07 Å². The summed E-state index contributed by atoms with van der Waals surface area (Å²) < 4.78 is 12.0. The van der Waals surface area contributed by atoms with Crippen molar-refractivity contribution in [3.63, 3.8) is 0 Å². The van der Waals surface area contributed by atoms with Crippen LogP contribution in [-0.2, 0) is 17.6 Å². The van der Waals surface area contributed by atoms with Crippen molar-refractivity contribution in [2.75, 3.05) is 11.9 Å². The smallest absolute Gasteiger partial charge is 0.248 e. The summed E-state index contributed by atoms with van der Waals surface area (Å²) >= 11 is 0. The number of carbonyl (C=O) groups is 1. The average Bonchev–Trinajstić information content (AvgIpc) is 3.16. The van der Waals surface area contributed by atoms with Gasteiger partial charge in [-0.25, -0.2) is 0 Å². The monoisotopic (exact) mass is 426 g/mol. The minimum absolute atomic E-state index is 0.178. The minimum atomic E-state index is -0.178. The van der Waals surface area contributed by atoms with E-state index in [0.29, 0.717) is 6.61 Å². The first-order valence-electron chi connectivity index (χ1n) is 11.2. The maximum atomic E-state index is 12.8. The fourth-order valence-corrected chi connectivity index (χ4v) is 4.48. The Labute approximate surface area is 187 Å². The number of ether oxygens (including phenoxy) is 1. The number of rotatable bonds is 5. The largest absolute Gasteiger partial charge is 0.493 e. The summed E-state index contributed by atoms with van der Waals surface area (Å²) in [5.74, 6) is 1.66. The molecule has 5 heteroatoms. The molecule has 0 atom stereocenters. The number of nitrogens with one attached hydrogen (secondary N) is 1. The van der Waals surface area contributed by atoms with Crippen molar-refractivity contribution in [3.05, 3.63) is 71.6 Å². The summed E-state index contributed by atoms with van der Waals surface area (Å²) in [6, 6.07) is 13.7. The molecule has 5 rings (SSSR count). The maximum absolute atomic E-state index is 12.8. The molecule has 1 N–H and O–H groups in total. The molecule has 0 unspecified atom stereocenters. The molecule has 1 aliphatic carbocycles. The molecule has 32 heavy (non-hydrogen) atoms. The number of aromatic nitrogens is 1. The van der Waals surface area contributed by atoms with Crippen LogP contribution in [0.1, 0.15) is 43.6 Å². The Kier molecular flexibility index (Phi) is 5.39. The first-order valence-corrected chi connectivity index (χ1v) is 11.2. The van der Waals surface area contributed by atoms with E-state index in [-0.39, 0.29) is 5.91 Å². The molecule has 1 aliphatic rings. The standard InChI is InChI=1S/C27H26N2O3/c1-3-31-25-16-26-22(20-8-4-5-9-24(20)32-26)15-21(25)17(2)13-27(30)29-19-10-11-23-18(14-19)7-6-12-28-23/h6-7,10-16H,3-5,8-9H2,1-2H3,(H,29,30)/b17-13+. The second kappa shape index (κ2) is 8.50. The minimum Gasteiger partial charge on any atom is -0.493 e. The summed E-state index contributed by atoms with van der Waals surface area (Å²) in [6.45, 7) is 4.45. The van der Waals surface area contributed by atoms with Crippen LogP contribution in [0.4, 0.5) is 5.69 Å². The van der Waals surface area contributed by atoms with E-state index < -0.39 is 0 Å². The van der Waals surface area contributed by atoms with Gasteiger partial charge in [-0.2, -0.15) is 0 Å². The Hall–Kier alpha value is -3.60. The molecule has 0 spiro atoms. The van der Waals surface area contributed by atoms with Crippen LogP contribution >= 0.6 is 0 Å². The molecule has 2 heterocycles. The third-order valence-corrected chi connectivity index (χ3v) is 6.00. The molecule has 1 amide bonds. The van der Waals surface area contributed by atoms with Gasteiger partial charge in [0.2, 0.25) is 5.91 Å². The number of nitrogens with zero attached hydrogens (tertiary/aromatic N) is 1. The molecule has 0 aliphatic heterocycles. The molecular formula is C27H26N2O3. The Morgan fingerprint density at radius 2 is 2.06 bits per heavy atom. The van der Waals surface area contributed by atoms with Gasteiger partial charge in [0.1, 0.15) is 17.1 Å². The second-order valence-electron chi connectivity index (χ2n) is 8.22. The van der Waals surface area contributed by atoms with E-state index >= 15 is 0 Å². The molecule has 5 nitrogen and oxygen atoms in total. The van der Waals surface area contributed by atoms with E-state index in [4.69, 9.17) is 9.15 Å². The van der Waals surface area contributed by atoms with Gasteiger partial charge < -0.3 is 14.5 Å². The summed E-state index contributed by atoms with van der Waals surface area (Å²) in [5.41, 5.74) is 5.58. The van der Waals surface area contributed by atoms with Gasteiger partial charge in [0.25, 0.3) is 0 Å². The predicted molar refractivity (Wildman–Crippen MR) is 128 cm³/mol. The molecular weight excluding hydrogens is 400 g/mol. The molecule has 0 fully saturated rings. The lowest BCUT2D eigenvalue weighted by atomic mass is 9.94. The highest BCUT2D eigenvalue weighted by Gasteiger charge is 2.20. The van der Waals surface area contributed by atoms with Crippen molar-refractivity contribution in [1.29, 1.82) is 0 Å². The SMILES string of the molecule is CCOc1cc2oc3c(c2cc1/C(C)=C/C(=O)Nc1ccc2ncccc2c1)CCCC3. The third kappa shape index (κ3) is 3.86. The molecule has 0 saturated carbocycles. The number of anilines is 1. The Morgan fingerprint density at radius 3 is 2.94 bits per heavy atom. The predicted octanol–water partition coefficient (Wildman–Crippen LogP) is 6.30. The fraction of sp³-hybridized carbons (Fsp3) is 0.259. The van der Waals surface area contributed by atoms with Crippen molar-refractivity contribution < 1.29 is 13.9 Å². The Bertz CT molecular complexity index is 1350. The highest BCUT2D eigenvalue weighted by Crippen LogP contribution is 2.38. The Morgan fingerprint density at radius 1 is 1.19 bits per heavy atom. The van der Waals surface area contributed by atoms with Crippen LogP contribution in [0.2, 0.25) is 0 Å². The lowest BCUT2D eigenvalue weighted by Gasteiger charge is -2.12. The number of amides is 1. The van der Waals surface area contributed by atoms with Crippen LogP contribution < -0.4 is 10.1 Å². The number of allylic oxidation sites excluding steroid dienone is 1. The van der Waals surface area contributed by atoms with E-state index in [9.17, 15) is 4.79 Å². The third-order valence-electron chi connectivity index (χ3n) is 6.00. The van der Waals surface area contributed by atoms with Crippen molar-refractivity contribution in [3.8, 4) is 5.75 Å². The molecule has 0 bridgehead atoms. The number of hydrogen-bond acceptors (Lipinski definition) is 4. The van der Waals surface area contributed by atoms with Gasteiger partial charge in [-0.05, 0) is 69.0 Å². The Balaban J connectivity index is 1.47. The summed E-state index contributed by atoms with van der Waals surface area (Å²) in [7, 11) is 0. The second-order valence-corrected chi connectivity index (χ2v) is 8.22. The van der Waals surface area contributed by atoms with Gasteiger partial charge in [0.15, 0.2) is 0 Å². The lowest BCUT2D eigenvalue weighted by Crippen LogP contribution is -2.08. The number of carbonyl (C=O) groups excluding carboxylic acids is 1. The first kappa shape index (κ1) is 20.3. The normalized spacial score (nSPS) is 13.9. The molecule has 2 aromatic heterocycles. The van der Waals surface area contributed by atoms with E-state index in [0.717, 1.165) is 63.0 Å². The summed E-state index contributed by atoms with van der Waals surface area (Å²) in [4.78, 5) is 17.1. The van der Waals surface area contributed by atoms with E-state index in [1.807, 2.05) is 50.2 Å². The number of hydrogen-bond donors (Lipinski definition) is 1. The van der Waals surface area contributed by atoms with Crippen molar-refractivity contribution >= 4 is 39.0 Å². The molecule has 0 saturated heterocycles. The van der Waals surface area contributed by atoms with E-state index in [1.54, 1.807) is 12.3 Å². The summed E-state index contributed by atoms with van der Waals surface area (Å²) in [6.07, 6.45) is 7.77. The lowest BCUT2D eigenvalue weighted by molar-refractivity contribution is -0.111. The quantitative estimate of drug-likeness (QED) is 0.380. The van der Waals surface area contributed by atoms with Crippen molar-refractivity contribution in [1.82, 2.24) is 4.98 Å². The molecule has 0 radical (unpaired) electrons. The molecule has 162 valence electrons. The van der Waals surface area contributed by atoms with Crippen LogP contribution in [0.5, 0.6) is 5.75 Å². The number of furan rings is 1. The van der Waals surface area contributed by atoms with Gasteiger partial charge in [-0.15, -0.1) is 0 Å². The number of benzene rings is 2. The fourth-order valence-electron chi connectivity index (χ4n) is 4.48. The maximum Gasteiger partial charge on any atom is 0.248 e.